The van der Waals surface area contributed by atoms with Crippen LogP contribution in [0.4, 0.5) is 4.39 Å². The van der Waals surface area contributed by atoms with Crippen molar-refractivity contribution in [3.8, 4) is 5.69 Å². The van der Waals surface area contributed by atoms with Crippen molar-refractivity contribution in [2.24, 2.45) is 0 Å². The molecule has 3 aromatic rings. The van der Waals surface area contributed by atoms with Crippen LogP contribution in [-0.4, -0.2) is 54.7 Å². The summed E-state index contributed by atoms with van der Waals surface area (Å²) >= 11 is 5.75. The number of piperidine rings is 1. The van der Waals surface area contributed by atoms with Gasteiger partial charge in [0, 0.05) is 17.0 Å². The number of carbonyl (C=O) groups is 4. The van der Waals surface area contributed by atoms with Crippen molar-refractivity contribution < 1.29 is 28.7 Å². The minimum atomic E-state index is -1.41. The van der Waals surface area contributed by atoms with Gasteiger partial charge in [-0.15, -0.1) is 5.10 Å². The standard InChI is InChI=1S/C22H15ClFN5O5/c23-10-1-3-13(15(24)7-10)19(31)16-9-28(27-26-16)11-2-4-12-14(8-11)22(34)29(21(12)33)17-5-6-18(30)25-20(17)32/h1-4,7-9,17,19,31H,5-6H2,(H,25,30,32). The Labute approximate surface area is 195 Å². The van der Waals surface area contributed by atoms with Crippen molar-refractivity contribution in [1.29, 1.82) is 0 Å². The summed E-state index contributed by atoms with van der Waals surface area (Å²) in [5.74, 6) is -3.16. The van der Waals surface area contributed by atoms with Gasteiger partial charge in [-0.1, -0.05) is 22.9 Å². The number of aromatic nitrogens is 3. The Balaban J connectivity index is 1.42. The van der Waals surface area contributed by atoms with Crippen LogP contribution < -0.4 is 5.32 Å². The van der Waals surface area contributed by atoms with Crippen LogP contribution in [0.2, 0.25) is 5.02 Å². The van der Waals surface area contributed by atoms with E-state index in [0.717, 1.165) is 11.0 Å². The molecule has 172 valence electrons. The third-order valence-electron chi connectivity index (χ3n) is 5.74. The third kappa shape index (κ3) is 3.55. The van der Waals surface area contributed by atoms with Crippen LogP contribution in [0.5, 0.6) is 0 Å². The van der Waals surface area contributed by atoms with Crippen LogP contribution in [-0.2, 0) is 9.59 Å². The Bertz CT molecular complexity index is 1390. The number of halogens is 2. The summed E-state index contributed by atoms with van der Waals surface area (Å²) < 4.78 is 15.4. The van der Waals surface area contributed by atoms with Crippen molar-refractivity contribution >= 4 is 35.2 Å². The number of hydrogen-bond donors (Lipinski definition) is 2. The minimum Gasteiger partial charge on any atom is -0.382 e. The molecule has 2 aromatic carbocycles. The fourth-order valence-electron chi connectivity index (χ4n) is 4.01. The summed E-state index contributed by atoms with van der Waals surface area (Å²) in [7, 11) is 0. The first kappa shape index (κ1) is 21.9. The molecule has 0 spiro atoms. The van der Waals surface area contributed by atoms with E-state index in [1.807, 2.05) is 0 Å². The number of rotatable bonds is 4. The predicted octanol–water partition coefficient (Wildman–Crippen LogP) is 1.54. The zero-order valence-corrected chi connectivity index (χ0v) is 18.0. The molecule has 2 atom stereocenters. The first-order valence-electron chi connectivity index (χ1n) is 10.2. The Morgan fingerprint density at radius 1 is 1.09 bits per heavy atom. The fourth-order valence-corrected chi connectivity index (χ4v) is 4.17. The summed E-state index contributed by atoms with van der Waals surface area (Å²) in [6.45, 7) is 0. The molecule has 2 unspecified atom stereocenters. The monoisotopic (exact) mass is 483 g/mol. The largest absolute Gasteiger partial charge is 0.382 e. The number of nitrogens with zero attached hydrogens (tertiary/aromatic N) is 4. The number of amides is 4. The number of aliphatic hydroxyl groups is 1. The Kier molecular flexibility index (Phi) is 5.22. The lowest BCUT2D eigenvalue weighted by Crippen LogP contribution is -2.54. The van der Waals surface area contributed by atoms with E-state index >= 15 is 0 Å². The van der Waals surface area contributed by atoms with Crippen LogP contribution >= 0.6 is 11.6 Å². The van der Waals surface area contributed by atoms with Crippen LogP contribution in [0.1, 0.15) is 50.9 Å². The molecule has 1 saturated heterocycles. The smallest absolute Gasteiger partial charge is 0.262 e. The second-order valence-electron chi connectivity index (χ2n) is 7.83. The molecule has 0 bridgehead atoms. The molecular formula is C22H15ClFN5O5. The highest BCUT2D eigenvalue weighted by Gasteiger charge is 2.44. The molecular weight excluding hydrogens is 469 g/mol. The molecule has 0 radical (unpaired) electrons. The molecule has 2 aliphatic heterocycles. The normalized spacial score (nSPS) is 18.8. The van der Waals surface area contributed by atoms with Gasteiger partial charge in [0.15, 0.2) is 0 Å². The number of nitrogens with one attached hydrogen (secondary N) is 1. The van der Waals surface area contributed by atoms with E-state index in [-0.39, 0.29) is 40.2 Å². The molecule has 0 saturated carbocycles. The molecule has 5 rings (SSSR count). The number of benzene rings is 2. The zero-order chi connectivity index (χ0) is 24.1. The second kappa shape index (κ2) is 8.12. The highest BCUT2D eigenvalue weighted by Crippen LogP contribution is 2.30. The Hall–Kier alpha value is -3.96. The van der Waals surface area contributed by atoms with Gasteiger partial charge in [-0.2, -0.15) is 0 Å². The van der Waals surface area contributed by atoms with Gasteiger partial charge in [0.1, 0.15) is 23.7 Å². The average molecular weight is 484 g/mol. The third-order valence-corrected chi connectivity index (χ3v) is 5.97. The van der Waals surface area contributed by atoms with Gasteiger partial charge in [0.2, 0.25) is 11.8 Å². The quantitative estimate of drug-likeness (QED) is 0.537. The van der Waals surface area contributed by atoms with Gasteiger partial charge < -0.3 is 5.11 Å². The molecule has 1 aromatic heterocycles. The van der Waals surface area contributed by atoms with Gasteiger partial charge in [-0.05, 0) is 36.8 Å². The van der Waals surface area contributed by atoms with Crippen molar-refractivity contribution in [2.45, 2.75) is 25.0 Å². The minimum absolute atomic E-state index is 0.0212. The van der Waals surface area contributed by atoms with Gasteiger partial charge in [-0.3, -0.25) is 29.4 Å². The number of imide groups is 2. The van der Waals surface area contributed by atoms with Crippen LogP contribution in [0.25, 0.3) is 5.69 Å². The number of hydrogen-bond acceptors (Lipinski definition) is 7. The molecule has 2 N–H and O–H groups in total. The van der Waals surface area contributed by atoms with E-state index in [1.54, 1.807) is 0 Å². The molecule has 4 amide bonds. The van der Waals surface area contributed by atoms with Gasteiger partial charge >= 0.3 is 0 Å². The maximum absolute atomic E-state index is 14.2. The lowest BCUT2D eigenvalue weighted by Gasteiger charge is -2.27. The van der Waals surface area contributed by atoms with E-state index in [9.17, 15) is 28.7 Å². The number of aliphatic hydroxyl groups excluding tert-OH is 1. The summed E-state index contributed by atoms with van der Waals surface area (Å²) in [6, 6.07) is 7.13. The topological polar surface area (TPSA) is 134 Å². The molecule has 10 nitrogen and oxygen atoms in total. The summed E-state index contributed by atoms with van der Waals surface area (Å²) in [5.41, 5.74) is 0.545. The Morgan fingerprint density at radius 2 is 1.85 bits per heavy atom. The molecule has 1 fully saturated rings. The van der Waals surface area contributed by atoms with Gasteiger partial charge in [-0.25, -0.2) is 9.07 Å². The van der Waals surface area contributed by atoms with Crippen molar-refractivity contribution in [3.63, 3.8) is 0 Å². The zero-order valence-electron chi connectivity index (χ0n) is 17.2. The molecule has 0 aliphatic carbocycles. The van der Waals surface area contributed by atoms with Crippen molar-refractivity contribution in [2.75, 3.05) is 0 Å². The molecule has 3 heterocycles. The lowest BCUT2D eigenvalue weighted by molar-refractivity contribution is -0.136. The van der Waals surface area contributed by atoms with Crippen molar-refractivity contribution in [3.05, 3.63) is 75.8 Å². The Morgan fingerprint density at radius 3 is 2.59 bits per heavy atom. The van der Waals surface area contributed by atoms with Crippen molar-refractivity contribution in [1.82, 2.24) is 25.2 Å². The van der Waals surface area contributed by atoms with E-state index in [4.69, 9.17) is 11.6 Å². The van der Waals surface area contributed by atoms with E-state index in [0.29, 0.717) is 5.69 Å². The average Bonchev–Trinajstić information content (AvgIpc) is 3.38. The molecule has 2 aliphatic rings. The van der Waals surface area contributed by atoms with Gasteiger partial charge in [0.25, 0.3) is 11.8 Å². The van der Waals surface area contributed by atoms with Crippen LogP contribution in [0.3, 0.4) is 0 Å². The second-order valence-corrected chi connectivity index (χ2v) is 8.27. The maximum atomic E-state index is 14.2. The highest BCUT2D eigenvalue weighted by molar-refractivity contribution is 6.30. The molecule has 34 heavy (non-hydrogen) atoms. The number of carbonyl (C=O) groups excluding carboxylic acids is 4. The summed E-state index contributed by atoms with van der Waals surface area (Å²) in [6.07, 6.45) is 0.0216. The maximum Gasteiger partial charge on any atom is 0.262 e. The van der Waals surface area contributed by atoms with Crippen LogP contribution in [0.15, 0.2) is 42.6 Å². The number of fused-ring (bicyclic) bond motifs is 1. The predicted molar refractivity (Wildman–Crippen MR) is 114 cm³/mol. The SMILES string of the molecule is O=C1CCC(N2C(=O)c3ccc(-n4cc(C(O)c5ccc(Cl)cc5F)nn4)cc3C2=O)C(=O)N1. The lowest BCUT2D eigenvalue weighted by atomic mass is 10.0. The first-order valence-corrected chi connectivity index (χ1v) is 10.5. The highest BCUT2D eigenvalue weighted by atomic mass is 35.5. The summed E-state index contributed by atoms with van der Waals surface area (Å²) in [5, 5.41) is 20.6. The van der Waals surface area contributed by atoms with E-state index in [1.165, 1.54) is 41.2 Å². The van der Waals surface area contributed by atoms with E-state index < -0.39 is 41.6 Å². The molecule has 12 heteroatoms. The first-order chi connectivity index (χ1) is 16.2. The van der Waals surface area contributed by atoms with Gasteiger partial charge in [0.05, 0.1) is 23.0 Å². The van der Waals surface area contributed by atoms with Crippen LogP contribution in [0, 0.1) is 5.82 Å². The summed E-state index contributed by atoms with van der Waals surface area (Å²) in [4.78, 5) is 50.3. The fraction of sp³-hybridized carbons (Fsp3) is 0.182. The van der Waals surface area contributed by atoms with E-state index in [2.05, 4.69) is 15.6 Å².